The highest BCUT2D eigenvalue weighted by molar-refractivity contribution is 5.95. The molecule has 1 atom stereocenters. The van der Waals surface area contributed by atoms with E-state index in [1.807, 2.05) is 36.4 Å². The molecule has 0 aliphatic heterocycles. The van der Waals surface area contributed by atoms with E-state index in [0.717, 1.165) is 22.3 Å². The van der Waals surface area contributed by atoms with Gasteiger partial charge in [-0.05, 0) is 71.7 Å². The second-order valence-corrected chi connectivity index (χ2v) is 10.4. The molecule has 0 saturated carbocycles. The lowest BCUT2D eigenvalue weighted by Crippen LogP contribution is -2.41. The molecule has 1 aliphatic carbocycles. The largest absolute Gasteiger partial charge is 0.345 e. The molecule has 0 spiro atoms. The molecule has 0 radical (unpaired) electrons. The molecular weight excluding hydrogens is 454 g/mol. The molecule has 1 heterocycles. The van der Waals surface area contributed by atoms with Gasteiger partial charge in [-0.2, -0.15) is 5.21 Å². The Kier molecular flexibility index (Phi) is 6.95. The van der Waals surface area contributed by atoms with Crippen molar-refractivity contribution in [3.8, 4) is 0 Å². The van der Waals surface area contributed by atoms with Gasteiger partial charge < -0.3 is 15.5 Å². The first kappa shape index (κ1) is 25.5. The van der Waals surface area contributed by atoms with E-state index in [0.29, 0.717) is 36.2 Å². The number of nitrogens with one attached hydrogen (secondary N) is 1. The van der Waals surface area contributed by atoms with Crippen LogP contribution in [0.5, 0.6) is 0 Å². The smallest absolute Gasteiger partial charge is 0.253 e. The zero-order chi connectivity index (χ0) is 26.2. The number of rotatable bonds is 6. The molecule has 1 aromatic heterocycles. The van der Waals surface area contributed by atoms with Crippen molar-refractivity contribution < 1.29 is 9.59 Å². The minimum atomic E-state index is -0.794. The number of hydrogen-bond donors (Lipinski definition) is 2. The number of H-pyrrole nitrogens is 1. The molecule has 190 valence electrons. The molecule has 1 aliphatic rings. The van der Waals surface area contributed by atoms with Gasteiger partial charge in [0.25, 0.3) is 11.8 Å². The van der Waals surface area contributed by atoms with Gasteiger partial charge in [0.05, 0.1) is 5.41 Å². The summed E-state index contributed by atoms with van der Waals surface area (Å²) in [5.41, 5.74) is 11.3. The highest BCUT2D eigenvalue weighted by Gasteiger charge is 2.46. The number of nitrogens with zero attached hydrogens (tertiary/aromatic N) is 5. The molecular formula is C27H35N7O2. The van der Waals surface area contributed by atoms with E-state index in [9.17, 15) is 9.59 Å². The molecule has 0 unspecified atom stereocenters. The average Bonchev–Trinajstić information content (AvgIpc) is 3.36. The zero-order valence-electron chi connectivity index (χ0n) is 21.9. The Morgan fingerprint density at radius 1 is 0.944 bits per heavy atom. The standard InChI is InChI=1S/C27H35N7O2/c1-16(2)23(28)15-27(26-29-31-32-30-26)21-11-9-19(24(35)33(3)4)13-17(21)7-8-18-14-20(10-12-22(18)27)25(36)34(5)6/h9-14,16,23H,7-8,15,28H2,1-6H3,(H,29,30,31,32)/t23-/m1/s1. The quantitative estimate of drug-likeness (QED) is 0.549. The third kappa shape index (κ3) is 4.39. The van der Waals surface area contributed by atoms with Crippen LogP contribution in [0.3, 0.4) is 0 Å². The number of amides is 2. The number of hydrogen-bond acceptors (Lipinski definition) is 6. The van der Waals surface area contributed by atoms with Crippen LogP contribution < -0.4 is 5.73 Å². The van der Waals surface area contributed by atoms with E-state index < -0.39 is 5.41 Å². The van der Waals surface area contributed by atoms with Crippen molar-refractivity contribution in [2.45, 2.75) is 44.6 Å². The summed E-state index contributed by atoms with van der Waals surface area (Å²) in [6.07, 6.45) is 1.95. The molecule has 36 heavy (non-hydrogen) atoms. The van der Waals surface area contributed by atoms with E-state index in [2.05, 4.69) is 34.5 Å². The van der Waals surface area contributed by atoms with E-state index in [1.165, 1.54) is 0 Å². The van der Waals surface area contributed by atoms with Crippen LogP contribution in [0.2, 0.25) is 0 Å². The van der Waals surface area contributed by atoms with Gasteiger partial charge in [0.15, 0.2) is 5.82 Å². The lowest BCUT2D eigenvalue weighted by Gasteiger charge is -2.37. The van der Waals surface area contributed by atoms with Gasteiger partial charge >= 0.3 is 0 Å². The summed E-state index contributed by atoms with van der Waals surface area (Å²) in [5.74, 6) is 0.638. The van der Waals surface area contributed by atoms with Crippen molar-refractivity contribution in [2.24, 2.45) is 11.7 Å². The minimum Gasteiger partial charge on any atom is -0.345 e. The van der Waals surface area contributed by atoms with Gasteiger partial charge in [0.2, 0.25) is 0 Å². The second-order valence-electron chi connectivity index (χ2n) is 10.4. The Morgan fingerprint density at radius 3 is 1.83 bits per heavy atom. The molecule has 2 amide bonds. The van der Waals surface area contributed by atoms with Gasteiger partial charge in [-0.3, -0.25) is 9.59 Å². The third-order valence-corrected chi connectivity index (χ3v) is 7.23. The second kappa shape index (κ2) is 9.81. The van der Waals surface area contributed by atoms with Crippen LogP contribution in [-0.2, 0) is 18.3 Å². The summed E-state index contributed by atoms with van der Waals surface area (Å²) in [7, 11) is 6.99. The maximum absolute atomic E-state index is 12.8. The van der Waals surface area contributed by atoms with Crippen LogP contribution >= 0.6 is 0 Å². The Labute approximate surface area is 212 Å². The summed E-state index contributed by atoms with van der Waals surface area (Å²) >= 11 is 0. The Balaban J connectivity index is 2.02. The minimum absolute atomic E-state index is 0.0533. The van der Waals surface area contributed by atoms with Crippen molar-refractivity contribution >= 4 is 11.8 Å². The fourth-order valence-electron chi connectivity index (χ4n) is 5.11. The molecule has 4 rings (SSSR count). The van der Waals surface area contributed by atoms with Crippen LogP contribution in [0.15, 0.2) is 36.4 Å². The summed E-state index contributed by atoms with van der Waals surface area (Å²) in [6, 6.07) is 11.6. The number of aryl methyl sites for hydroxylation is 2. The summed E-state index contributed by atoms with van der Waals surface area (Å²) in [4.78, 5) is 28.8. The topological polar surface area (TPSA) is 121 Å². The van der Waals surface area contributed by atoms with E-state index in [-0.39, 0.29) is 23.8 Å². The predicted octanol–water partition coefficient (Wildman–Crippen LogP) is 2.41. The van der Waals surface area contributed by atoms with Crippen molar-refractivity contribution in [2.75, 3.05) is 28.2 Å². The number of carbonyl (C=O) groups excluding carboxylic acids is 2. The maximum atomic E-state index is 12.8. The van der Waals surface area contributed by atoms with Crippen LogP contribution in [0.25, 0.3) is 0 Å². The van der Waals surface area contributed by atoms with Gasteiger partial charge in [-0.25, -0.2) is 0 Å². The van der Waals surface area contributed by atoms with Crippen LogP contribution in [0, 0.1) is 5.92 Å². The molecule has 9 nitrogen and oxygen atoms in total. The van der Waals surface area contributed by atoms with Crippen molar-refractivity contribution in [3.05, 3.63) is 75.6 Å². The Bertz CT molecular complexity index is 1190. The molecule has 9 heteroatoms. The number of carbonyl (C=O) groups is 2. The van der Waals surface area contributed by atoms with E-state index in [1.54, 1.807) is 38.0 Å². The molecule has 0 saturated heterocycles. The molecule has 3 aromatic rings. The lowest BCUT2D eigenvalue weighted by molar-refractivity contribution is 0.0820. The Morgan fingerprint density at radius 2 is 1.44 bits per heavy atom. The zero-order valence-corrected chi connectivity index (χ0v) is 21.9. The first-order chi connectivity index (χ1) is 17.1. The maximum Gasteiger partial charge on any atom is 0.253 e. The highest BCUT2D eigenvalue weighted by Crippen LogP contribution is 2.47. The van der Waals surface area contributed by atoms with E-state index >= 15 is 0 Å². The molecule has 0 bridgehead atoms. The van der Waals surface area contributed by atoms with Crippen LogP contribution in [0.4, 0.5) is 0 Å². The predicted molar refractivity (Wildman–Crippen MR) is 138 cm³/mol. The highest BCUT2D eigenvalue weighted by atomic mass is 16.2. The van der Waals surface area contributed by atoms with Crippen LogP contribution in [-0.4, -0.2) is 76.5 Å². The molecule has 2 aromatic carbocycles. The molecule has 0 fully saturated rings. The van der Waals surface area contributed by atoms with Gasteiger partial charge in [-0.15, -0.1) is 10.2 Å². The number of aromatic amines is 1. The van der Waals surface area contributed by atoms with Gasteiger partial charge in [0, 0.05) is 45.4 Å². The summed E-state index contributed by atoms with van der Waals surface area (Å²) < 4.78 is 0. The summed E-state index contributed by atoms with van der Waals surface area (Å²) in [6.45, 7) is 4.20. The number of tetrazole rings is 1. The number of nitrogens with two attached hydrogens (primary N) is 1. The number of aromatic nitrogens is 4. The van der Waals surface area contributed by atoms with E-state index in [4.69, 9.17) is 5.73 Å². The lowest BCUT2D eigenvalue weighted by atomic mass is 9.66. The Hall–Kier alpha value is -3.59. The van der Waals surface area contributed by atoms with Crippen molar-refractivity contribution in [1.82, 2.24) is 30.4 Å². The van der Waals surface area contributed by atoms with Crippen LogP contribution in [0.1, 0.15) is 69.1 Å². The fraction of sp³-hybridized carbons (Fsp3) is 0.444. The normalized spacial score (nSPS) is 15.0. The first-order valence-corrected chi connectivity index (χ1v) is 12.3. The SMILES string of the molecule is CC(C)[C@H](N)CC1(c2nn[nH]n2)c2ccc(C(=O)N(C)C)cc2CCc2cc(C(=O)N(C)C)ccc21. The third-order valence-electron chi connectivity index (χ3n) is 7.23. The fourth-order valence-corrected chi connectivity index (χ4v) is 5.11. The first-order valence-electron chi connectivity index (χ1n) is 12.3. The summed E-state index contributed by atoms with van der Waals surface area (Å²) in [5, 5.41) is 15.5. The van der Waals surface area contributed by atoms with Crippen molar-refractivity contribution in [1.29, 1.82) is 0 Å². The van der Waals surface area contributed by atoms with Crippen molar-refractivity contribution in [3.63, 3.8) is 0 Å². The van der Waals surface area contributed by atoms with Gasteiger partial charge in [-0.1, -0.05) is 31.2 Å². The number of benzene rings is 2. The van der Waals surface area contributed by atoms with Gasteiger partial charge in [0.1, 0.15) is 0 Å². The monoisotopic (exact) mass is 489 g/mol. The average molecular weight is 490 g/mol. The molecule has 3 N–H and O–H groups in total. The number of fused-ring (bicyclic) bond motifs is 2.